The molecule has 0 fully saturated rings. The molecular weight excluding hydrogens is 447 g/mol. The molecule has 0 aliphatic carbocycles. The van der Waals surface area contributed by atoms with Gasteiger partial charge in [-0.05, 0) is 48.4 Å². The Labute approximate surface area is 191 Å². The third-order valence-corrected chi connectivity index (χ3v) is 6.74. The highest BCUT2D eigenvalue weighted by atomic mass is 32.2. The van der Waals surface area contributed by atoms with Crippen LogP contribution in [0.3, 0.4) is 0 Å². The fraction of sp³-hybridized carbons (Fsp3) is 0.250. The number of amides is 1. The Morgan fingerprint density at radius 3 is 2.61 bits per heavy atom. The van der Waals surface area contributed by atoms with Crippen molar-refractivity contribution in [1.82, 2.24) is 9.88 Å². The molecular formula is C24H23FN2O5S. The molecule has 1 aliphatic rings. The van der Waals surface area contributed by atoms with Crippen molar-refractivity contribution in [2.24, 2.45) is 0 Å². The summed E-state index contributed by atoms with van der Waals surface area (Å²) in [4.78, 5) is 18.6. The van der Waals surface area contributed by atoms with Gasteiger partial charge < -0.3 is 14.7 Å². The molecule has 1 aromatic heterocycles. The molecule has 9 heteroatoms. The van der Waals surface area contributed by atoms with Gasteiger partial charge in [-0.3, -0.25) is 9.78 Å². The molecule has 0 radical (unpaired) electrons. The minimum Gasteiger partial charge on any atom is -0.491 e. The number of sulfone groups is 1. The summed E-state index contributed by atoms with van der Waals surface area (Å²) in [6.45, 7) is 2.08. The van der Waals surface area contributed by atoms with Crippen LogP contribution < -0.4 is 4.74 Å². The molecule has 172 valence electrons. The molecule has 4 rings (SSSR count). The predicted molar refractivity (Wildman–Crippen MR) is 120 cm³/mol. The van der Waals surface area contributed by atoms with E-state index in [0.29, 0.717) is 18.0 Å². The third-order valence-electron chi connectivity index (χ3n) is 5.63. The van der Waals surface area contributed by atoms with E-state index >= 15 is 0 Å². The van der Waals surface area contributed by atoms with E-state index in [4.69, 9.17) is 4.74 Å². The number of aliphatic hydroxyl groups is 1. The number of aliphatic hydroxyl groups excluding tert-OH is 1. The molecule has 0 bridgehead atoms. The first kappa shape index (κ1) is 22.9. The Morgan fingerprint density at radius 2 is 1.94 bits per heavy atom. The Kier molecular flexibility index (Phi) is 6.18. The van der Waals surface area contributed by atoms with Crippen molar-refractivity contribution < 1.29 is 27.4 Å². The summed E-state index contributed by atoms with van der Waals surface area (Å²) < 4.78 is 44.1. The second-order valence-electron chi connectivity index (χ2n) is 7.92. The molecule has 0 saturated carbocycles. The quantitative estimate of drug-likeness (QED) is 0.629. The van der Waals surface area contributed by atoms with E-state index in [1.54, 1.807) is 17.2 Å². The van der Waals surface area contributed by atoms with Gasteiger partial charge in [0.05, 0.1) is 18.8 Å². The van der Waals surface area contributed by atoms with Crippen molar-refractivity contribution in [2.45, 2.75) is 25.0 Å². The first-order valence-electron chi connectivity index (χ1n) is 10.3. The van der Waals surface area contributed by atoms with Crippen LogP contribution in [0.1, 0.15) is 27.2 Å². The third kappa shape index (κ3) is 4.60. The van der Waals surface area contributed by atoms with Crippen LogP contribution in [0.15, 0.2) is 53.6 Å². The summed E-state index contributed by atoms with van der Waals surface area (Å²) in [5, 5.41) is 9.19. The number of nitrogens with zero attached hydrogens (tertiary/aromatic N) is 2. The van der Waals surface area contributed by atoms with Gasteiger partial charge in [0, 0.05) is 35.7 Å². The normalized spacial score (nSPS) is 13.8. The fourth-order valence-electron chi connectivity index (χ4n) is 3.78. The molecule has 33 heavy (non-hydrogen) atoms. The van der Waals surface area contributed by atoms with Gasteiger partial charge in [-0.1, -0.05) is 12.1 Å². The Bertz CT molecular complexity index is 1320. The van der Waals surface area contributed by atoms with Gasteiger partial charge in [-0.2, -0.15) is 0 Å². The molecule has 1 aliphatic heterocycles. The first-order valence-corrected chi connectivity index (χ1v) is 12.2. The zero-order valence-electron chi connectivity index (χ0n) is 18.2. The summed E-state index contributed by atoms with van der Waals surface area (Å²) in [5.74, 6) is -0.650. The monoisotopic (exact) mass is 470 g/mol. The second-order valence-corrected chi connectivity index (χ2v) is 9.90. The molecule has 0 unspecified atom stereocenters. The van der Waals surface area contributed by atoms with Crippen LogP contribution >= 0.6 is 0 Å². The fourth-order valence-corrected chi connectivity index (χ4v) is 4.58. The lowest BCUT2D eigenvalue weighted by Gasteiger charge is -2.21. The van der Waals surface area contributed by atoms with E-state index in [1.807, 2.05) is 24.3 Å². The topological polar surface area (TPSA) is 96.8 Å². The average Bonchev–Trinajstić information content (AvgIpc) is 3.01. The number of fused-ring (bicyclic) bond motifs is 1. The number of carbonyl (C=O) groups is 1. The van der Waals surface area contributed by atoms with E-state index in [-0.39, 0.29) is 30.9 Å². The van der Waals surface area contributed by atoms with Gasteiger partial charge in [0.15, 0.2) is 9.84 Å². The lowest BCUT2D eigenvalue weighted by Crippen LogP contribution is -2.33. The molecule has 7 nitrogen and oxygen atoms in total. The first-order chi connectivity index (χ1) is 15.7. The van der Waals surface area contributed by atoms with E-state index < -0.39 is 26.5 Å². The van der Waals surface area contributed by atoms with E-state index in [9.17, 15) is 22.7 Å². The molecule has 1 N–H and O–H groups in total. The van der Waals surface area contributed by atoms with Crippen molar-refractivity contribution in [3.05, 3.63) is 76.9 Å². The number of ether oxygens (including phenoxy) is 1. The maximum atomic E-state index is 14.7. The SMILES string of the molecule is Cc1c(C(=O)N2CCOc3ccc(-c4ccc(CO)nc4)cc3C2)ccc(S(C)(=O)=O)c1F. The number of rotatable bonds is 4. The molecule has 1 amide bonds. The lowest BCUT2D eigenvalue weighted by molar-refractivity contribution is 0.0731. The van der Waals surface area contributed by atoms with Crippen LogP contribution in [0.25, 0.3) is 11.1 Å². The Morgan fingerprint density at radius 1 is 1.18 bits per heavy atom. The molecule has 3 aromatic rings. The van der Waals surface area contributed by atoms with Gasteiger partial charge in [0.25, 0.3) is 5.91 Å². The number of benzene rings is 2. The zero-order valence-corrected chi connectivity index (χ0v) is 19.0. The standard InChI is InChI=1S/C24H23FN2O5S/c1-15-20(6-8-22(23(15)25)33(2,30)31)24(29)27-9-10-32-21-7-4-16(11-18(21)13-27)17-3-5-19(14-28)26-12-17/h3-8,11-12,28H,9-10,13-14H2,1-2H3. The smallest absolute Gasteiger partial charge is 0.254 e. The highest BCUT2D eigenvalue weighted by molar-refractivity contribution is 7.90. The summed E-state index contributed by atoms with van der Waals surface area (Å²) in [6.07, 6.45) is 2.60. The lowest BCUT2D eigenvalue weighted by atomic mass is 10.0. The van der Waals surface area contributed by atoms with Crippen LogP contribution in [0, 0.1) is 12.7 Å². The Balaban J connectivity index is 1.64. The van der Waals surface area contributed by atoms with Gasteiger partial charge in [-0.25, -0.2) is 12.8 Å². The Hall–Kier alpha value is -3.30. The molecule has 0 saturated heterocycles. The van der Waals surface area contributed by atoms with Crippen LogP contribution in [-0.2, 0) is 23.0 Å². The number of pyridine rings is 1. The highest BCUT2D eigenvalue weighted by Gasteiger charge is 2.26. The number of hydrogen-bond donors (Lipinski definition) is 1. The minimum atomic E-state index is -3.74. The van der Waals surface area contributed by atoms with Crippen molar-refractivity contribution in [3.63, 3.8) is 0 Å². The maximum Gasteiger partial charge on any atom is 0.254 e. The highest BCUT2D eigenvalue weighted by Crippen LogP contribution is 2.30. The summed E-state index contributed by atoms with van der Waals surface area (Å²) in [5.41, 5.74) is 3.20. The number of carbonyl (C=O) groups excluding carboxylic acids is 1. The van der Waals surface area contributed by atoms with Gasteiger partial charge in [-0.15, -0.1) is 0 Å². The van der Waals surface area contributed by atoms with E-state index in [1.165, 1.54) is 13.0 Å². The largest absolute Gasteiger partial charge is 0.491 e. The van der Waals surface area contributed by atoms with Gasteiger partial charge in [0.2, 0.25) is 0 Å². The summed E-state index contributed by atoms with van der Waals surface area (Å²) >= 11 is 0. The zero-order chi connectivity index (χ0) is 23.8. The van der Waals surface area contributed by atoms with Crippen molar-refractivity contribution >= 4 is 15.7 Å². The van der Waals surface area contributed by atoms with E-state index in [2.05, 4.69) is 4.98 Å². The molecule has 2 aromatic carbocycles. The van der Waals surface area contributed by atoms with Crippen LogP contribution in [0.4, 0.5) is 4.39 Å². The second kappa shape index (κ2) is 8.92. The van der Waals surface area contributed by atoms with Crippen molar-refractivity contribution in [2.75, 3.05) is 19.4 Å². The summed E-state index contributed by atoms with van der Waals surface area (Å²) in [6, 6.07) is 11.7. The summed E-state index contributed by atoms with van der Waals surface area (Å²) in [7, 11) is -3.74. The predicted octanol–water partition coefficient (Wildman–Crippen LogP) is 3.13. The number of halogens is 1. The van der Waals surface area contributed by atoms with Gasteiger partial charge in [0.1, 0.15) is 23.1 Å². The van der Waals surface area contributed by atoms with Crippen LogP contribution in [0.5, 0.6) is 5.75 Å². The molecule has 2 heterocycles. The minimum absolute atomic E-state index is 0.00267. The van der Waals surface area contributed by atoms with E-state index in [0.717, 1.165) is 29.0 Å². The van der Waals surface area contributed by atoms with Crippen LogP contribution in [-0.4, -0.2) is 48.7 Å². The van der Waals surface area contributed by atoms with Crippen LogP contribution in [0.2, 0.25) is 0 Å². The number of hydrogen-bond acceptors (Lipinski definition) is 6. The maximum absolute atomic E-state index is 14.7. The molecule has 0 spiro atoms. The van der Waals surface area contributed by atoms with Crippen molar-refractivity contribution in [3.8, 4) is 16.9 Å². The van der Waals surface area contributed by atoms with Gasteiger partial charge >= 0.3 is 0 Å². The number of aromatic nitrogens is 1. The molecule has 0 atom stereocenters. The average molecular weight is 471 g/mol. The van der Waals surface area contributed by atoms with Crippen molar-refractivity contribution in [1.29, 1.82) is 0 Å².